The number of furan rings is 1. The zero-order valence-electron chi connectivity index (χ0n) is 13.5. The molecule has 0 bridgehead atoms. The number of rotatable bonds is 5. The minimum atomic E-state index is -0.712. The zero-order chi connectivity index (χ0) is 18.4. The van der Waals surface area contributed by atoms with Gasteiger partial charge in [-0.2, -0.15) is 0 Å². The van der Waals surface area contributed by atoms with Crippen molar-refractivity contribution in [3.8, 4) is 17.6 Å². The second-order valence-electron chi connectivity index (χ2n) is 5.08. The maximum atomic E-state index is 11.7. The molecule has 8 nitrogen and oxygen atoms in total. The second-order valence-corrected chi connectivity index (χ2v) is 5.08. The molecule has 0 atom stereocenters. The van der Waals surface area contributed by atoms with Crippen LogP contribution in [0.4, 0.5) is 5.88 Å². The van der Waals surface area contributed by atoms with Gasteiger partial charge in [-0.05, 0) is 24.3 Å². The van der Waals surface area contributed by atoms with Crippen molar-refractivity contribution in [3.63, 3.8) is 0 Å². The molecule has 26 heavy (non-hydrogen) atoms. The van der Waals surface area contributed by atoms with Crippen molar-refractivity contribution < 1.29 is 18.9 Å². The number of pyridine rings is 1. The minimum Gasteiger partial charge on any atom is -0.481 e. The zero-order valence-corrected chi connectivity index (χ0v) is 13.5. The van der Waals surface area contributed by atoms with E-state index in [9.17, 15) is 14.9 Å². The molecule has 0 aliphatic rings. The van der Waals surface area contributed by atoms with Gasteiger partial charge in [0.25, 0.3) is 5.91 Å². The van der Waals surface area contributed by atoms with E-state index in [2.05, 4.69) is 22.1 Å². The molecule has 0 fully saturated rings. The van der Waals surface area contributed by atoms with Crippen LogP contribution in [0.5, 0.6) is 5.75 Å². The Hall–Kier alpha value is -3.86. The Morgan fingerprint density at radius 3 is 2.96 bits per heavy atom. The summed E-state index contributed by atoms with van der Waals surface area (Å²) >= 11 is 0. The number of aromatic nitrogens is 1. The molecule has 1 amide bonds. The highest BCUT2D eigenvalue weighted by Gasteiger charge is 2.16. The summed E-state index contributed by atoms with van der Waals surface area (Å²) in [6.45, 7) is 0.219. The summed E-state index contributed by atoms with van der Waals surface area (Å²) in [6.07, 6.45) is 1.71. The Morgan fingerprint density at radius 2 is 2.15 bits per heavy atom. The lowest BCUT2D eigenvalue weighted by atomic mass is 10.2. The van der Waals surface area contributed by atoms with Crippen LogP contribution in [0.2, 0.25) is 0 Å². The highest BCUT2D eigenvalue weighted by atomic mass is 16.6. The summed E-state index contributed by atoms with van der Waals surface area (Å²) in [7, 11) is 0. The first-order chi connectivity index (χ1) is 12.6. The number of amides is 1. The van der Waals surface area contributed by atoms with Gasteiger partial charge in [-0.3, -0.25) is 19.9 Å². The predicted molar refractivity (Wildman–Crippen MR) is 92.7 cm³/mol. The molecule has 0 spiro atoms. The fraction of sp³-hybridized carbons (Fsp3) is 0.111. The van der Waals surface area contributed by atoms with Crippen LogP contribution in [-0.4, -0.2) is 29.0 Å². The number of nitrogens with zero attached hydrogens (tertiary/aromatic N) is 2. The molecule has 0 saturated carbocycles. The van der Waals surface area contributed by atoms with Crippen molar-refractivity contribution in [2.24, 2.45) is 0 Å². The van der Waals surface area contributed by atoms with Crippen molar-refractivity contribution in [2.45, 2.75) is 0 Å². The quantitative estimate of drug-likeness (QED) is 0.430. The van der Waals surface area contributed by atoms with Crippen molar-refractivity contribution in [2.75, 3.05) is 13.2 Å². The summed E-state index contributed by atoms with van der Waals surface area (Å²) in [4.78, 5) is 25.8. The van der Waals surface area contributed by atoms with Gasteiger partial charge in [-0.1, -0.05) is 17.9 Å². The molecular weight excluding hydrogens is 338 g/mol. The standard InChI is InChI=1S/C18H13N3O5/c22-18(16-7-8-17(26-16)21(23)24)20-9-1-2-11-25-14-6-5-13-4-3-10-19-15(13)12-14/h3-8,10,12H,9,11H2,(H,20,22). The maximum absolute atomic E-state index is 11.7. The highest BCUT2D eigenvalue weighted by Crippen LogP contribution is 2.18. The van der Waals surface area contributed by atoms with E-state index in [1.165, 1.54) is 6.07 Å². The monoisotopic (exact) mass is 351 g/mol. The Kier molecular flexibility index (Phi) is 5.10. The molecule has 2 heterocycles. The van der Waals surface area contributed by atoms with E-state index in [4.69, 9.17) is 9.15 Å². The van der Waals surface area contributed by atoms with Crippen LogP contribution in [0.3, 0.4) is 0 Å². The third kappa shape index (κ3) is 4.15. The highest BCUT2D eigenvalue weighted by molar-refractivity contribution is 5.91. The molecule has 0 aliphatic carbocycles. The van der Waals surface area contributed by atoms with Crippen LogP contribution in [0, 0.1) is 22.0 Å². The molecule has 1 N–H and O–H groups in total. The predicted octanol–water partition coefficient (Wildman–Crippen LogP) is 2.55. The largest absolute Gasteiger partial charge is 0.481 e. The van der Waals surface area contributed by atoms with Crippen molar-refractivity contribution in [3.05, 3.63) is 64.5 Å². The van der Waals surface area contributed by atoms with E-state index < -0.39 is 16.7 Å². The summed E-state index contributed by atoms with van der Waals surface area (Å²) in [6, 6.07) is 11.7. The van der Waals surface area contributed by atoms with Crippen LogP contribution in [0.1, 0.15) is 10.6 Å². The number of benzene rings is 1. The Morgan fingerprint density at radius 1 is 1.27 bits per heavy atom. The third-order valence-electron chi connectivity index (χ3n) is 3.35. The van der Waals surface area contributed by atoms with Gasteiger partial charge in [0.2, 0.25) is 0 Å². The molecule has 2 aromatic heterocycles. The van der Waals surface area contributed by atoms with Crippen LogP contribution in [0.15, 0.2) is 53.1 Å². The maximum Gasteiger partial charge on any atom is 0.433 e. The molecule has 0 saturated heterocycles. The molecule has 0 unspecified atom stereocenters. The van der Waals surface area contributed by atoms with Gasteiger partial charge in [-0.25, -0.2) is 0 Å². The Bertz CT molecular complexity index is 1020. The van der Waals surface area contributed by atoms with Gasteiger partial charge in [-0.15, -0.1) is 0 Å². The molecular formula is C18H13N3O5. The van der Waals surface area contributed by atoms with Crippen LogP contribution >= 0.6 is 0 Å². The average molecular weight is 351 g/mol. The first-order valence-corrected chi connectivity index (χ1v) is 7.59. The fourth-order valence-electron chi connectivity index (χ4n) is 2.13. The summed E-state index contributed by atoms with van der Waals surface area (Å²) in [5.41, 5.74) is 0.831. The Balaban J connectivity index is 1.46. The number of nitro groups is 1. The minimum absolute atomic E-state index is 0.0654. The molecule has 3 aromatic rings. The van der Waals surface area contributed by atoms with Crippen molar-refractivity contribution in [1.29, 1.82) is 0 Å². The second kappa shape index (κ2) is 7.81. The number of hydrogen-bond acceptors (Lipinski definition) is 6. The molecule has 3 rings (SSSR count). The van der Waals surface area contributed by atoms with Gasteiger partial charge in [0, 0.05) is 17.6 Å². The van der Waals surface area contributed by atoms with Gasteiger partial charge >= 0.3 is 5.88 Å². The first-order valence-electron chi connectivity index (χ1n) is 7.59. The smallest absolute Gasteiger partial charge is 0.433 e. The van der Waals surface area contributed by atoms with Crippen LogP contribution in [0.25, 0.3) is 10.9 Å². The van der Waals surface area contributed by atoms with E-state index in [0.717, 1.165) is 17.0 Å². The fourth-order valence-corrected chi connectivity index (χ4v) is 2.13. The van der Waals surface area contributed by atoms with E-state index in [-0.39, 0.29) is 18.9 Å². The molecule has 130 valence electrons. The van der Waals surface area contributed by atoms with Gasteiger partial charge in [0.15, 0.2) is 5.76 Å². The number of ether oxygens (including phenoxy) is 1. The number of carbonyl (C=O) groups is 1. The first kappa shape index (κ1) is 17.0. The normalized spacial score (nSPS) is 10.0. The van der Waals surface area contributed by atoms with Crippen molar-refractivity contribution in [1.82, 2.24) is 10.3 Å². The van der Waals surface area contributed by atoms with Crippen molar-refractivity contribution >= 4 is 22.7 Å². The number of nitrogens with one attached hydrogen (secondary N) is 1. The number of fused-ring (bicyclic) bond motifs is 1. The van der Waals surface area contributed by atoms with E-state index in [1.54, 1.807) is 6.20 Å². The van der Waals surface area contributed by atoms with E-state index in [1.807, 2.05) is 30.3 Å². The van der Waals surface area contributed by atoms with E-state index >= 15 is 0 Å². The topological polar surface area (TPSA) is 108 Å². The third-order valence-corrected chi connectivity index (χ3v) is 3.35. The summed E-state index contributed by atoms with van der Waals surface area (Å²) in [5, 5.41) is 14.0. The van der Waals surface area contributed by atoms with Crippen LogP contribution < -0.4 is 10.1 Å². The SMILES string of the molecule is O=C(NCC#CCOc1ccc2cccnc2c1)c1ccc([N+](=O)[O-])o1. The summed E-state index contributed by atoms with van der Waals surface area (Å²) in [5.74, 6) is 4.94. The molecule has 0 radical (unpaired) electrons. The average Bonchev–Trinajstić information content (AvgIpc) is 3.15. The number of hydrogen-bond donors (Lipinski definition) is 1. The van der Waals surface area contributed by atoms with Gasteiger partial charge in [0.05, 0.1) is 18.1 Å². The lowest BCUT2D eigenvalue weighted by molar-refractivity contribution is -0.402. The molecule has 8 heteroatoms. The van der Waals surface area contributed by atoms with Gasteiger partial charge < -0.3 is 14.5 Å². The van der Waals surface area contributed by atoms with E-state index in [0.29, 0.717) is 5.75 Å². The lowest BCUT2D eigenvalue weighted by Gasteiger charge is -2.03. The van der Waals surface area contributed by atoms with Crippen LogP contribution in [-0.2, 0) is 0 Å². The number of carbonyl (C=O) groups excluding carboxylic acids is 1. The molecule has 1 aromatic carbocycles. The lowest BCUT2D eigenvalue weighted by Crippen LogP contribution is -2.23. The Labute approximate surface area is 147 Å². The summed E-state index contributed by atoms with van der Waals surface area (Å²) < 4.78 is 10.3. The van der Waals surface area contributed by atoms with Gasteiger partial charge in [0.1, 0.15) is 17.3 Å². The molecule has 0 aliphatic heterocycles.